The van der Waals surface area contributed by atoms with E-state index >= 15 is 0 Å². The molecule has 154 valence electrons. The number of nitrogens with one attached hydrogen (secondary N) is 1. The molecule has 1 N–H and O–H groups in total. The number of carbonyl (C=O) groups excluding carboxylic acids is 4. The van der Waals surface area contributed by atoms with Gasteiger partial charge in [0.1, 0.15) is 23.5 Å². The summed E-state index contributed by atoms with van der Waals surface area (Å²) in [6.07, 6.45) is 1.34. The monoisotopic (exact) mass is 384 g/mol. The van der Waals surface area contributed by atoms with Gasteiger partial charge in [-0.05, 0) is 60.8 Å². The maximum Gasteiger partial charge on any atom is 0.408 e. The third-order valence-electron chi connectivity index (χ3n) is 3.79. The molecule has 27 heavy (non-hydrogen) atoms. The second kappa shape index (κ2) is 9.19. The fourth-order valence-electron chi connectivity index (χ4n) is 2.77. The van der Waals surface area contributed by atoms with Gasteiger partial charge in [-0.15, -0.1) is 0 Å². The van der Waals surface area contributed by atoms with Gasteiger partial charge in [-0.3, -0.25) is 9.59 Å². The average molecular weight is 384 g/mol. The summed E-state index contributed by atoms with van der Waals surface area (Å²) in [6.45, 7) is 10.9. The van der Waals surface area contributed by atoms with Gasteiger partial charge in [0, 0.05) is 13.0 Å². The number of carbonyl (C=O) groups is 4. The Labute approximate surface area is 160 Å². The van der Waals surface area contributed by atoms with Crippen molar-refractivity contribution in [2.45, 2.75) is 90.5 Å². The maximum absolute atomic E-state index is 12.9. The number of esters is 1. The Morgan fingerprint density at radius 3 is 2.22 bits per heavy atom. The van der Waals surface area contributed by atoms with Crippen molar-refractivity contribution in [3.05, 3.63) is 0 Å². The first-order valence-electron chi connectivity index (χ1n) is 9.29. The summed E-state index contributed by atoms with van der Waals surface area (Å²) in [5.74, 6) is -0.848. The fraction of sp³-hybridized carbons (Fsp3) is 0.789. The highest BCUT2D eigenvalue weighted by Crippen LogP contribution is 2.19. The predicted molar refractivity (Wildman–Crippen MR) is 99.0 cm³/mol. The molecular weight excluding hydrogens is 352 g/mol. The summed E-state index contributed by atoms with van der Waals surface area (Å²) >= 11 is 0. The lowest BCUT2D eigenvalue weighted by molar-refractivity contribution is -0.155. The molecule has 0 radical (unpaired) electrons. The van der Waals surface area contributed by atoms with E-state index < -0.39 is 35.3 Å². The Balaban J connectivity index is 2.82. The van der Waals surface area contributed by atoms with Gasteiger partial charge in [-0.25, -0.2) is 4.79 Å². The summed E-state index contributed by atoms with van der Waals surface area (Å²) in [7, 11) is 0. The van der Waals surface area contributed by atoms with Gasteiger partial charge in [-0.2, -0.15) is 0 Å². The van der Waals surface area contributed by atoms with Gasteiger partial charge in [0.2, 0.25) is 5.91 Å². The first-order valence-corrected chi connectivity index (χ1v) is 9.29. The number of hydrogen-bond acceptors (Lipinski definition) is 6. The molecule has 1 rings (SSSR count). The van der Waals surface area contributed by atoms with Gasteiger partial charge in [0.25, 0.3) is 0 Å². The minimum absolute atomic E-state index is 0.0386. The molecule has 8 nitrogen and oxygen atoms in total. The van der Waals surface area contributed by atoms with Gasteiger partial charge >= 0.3 is 12.1 Å². The van der Waals surface area contributed by atoms with Crippen LogP contribution in [-0.2, 0) is 23.9 Å². The molecular formula is C19H32N2O6. The number of aldehydes is 1. The molecule has 2 atom stereocenters. The van der Waals surface area contributed by atoms with Crippen LogP contribution in [0.25, 0.3) is 0 Å². The fourth-order valence-corrected chi connectivity index (χ4v) is 2.77. The first kappa shape index (κ1) is 22.9. The summed E-state index contributed by atoms with van der Waals surface area (Å²) in [5, 5.41) is 2.54. The number of nitrogens with zero attached hydrogens (tertiary/aromatic N) is 1. The Hall–Kier alpha value is -2.12. The van der Waals surface area contributed by atoms with E-state index in [-0.39, 0.29) is 18.7 Å². The number of alkyl carbamates (subject to hydrolysis) is 1. The lowest BCUT2D eigenvalue weighted by Gasteiger charge is -2.28. The molecule has 1 unspecified atom stereocenters. The van der Waals surface area contributed by atoms with Crippen molar-refractivity contribution in [1.29, 1.82) is 0 Å². The van der Waals surface area contributed by atoms with Crippen molar-refractivity contribution < 1.29 is 28.7 Å². The van der Waals surface area contributed by atoms with Crippen molar-refractivity contribution in [3.63, 3.8) is 0 Å². The summed E-state index contributed by atoms with van der Waals surface area (Å²) in [4.78, 5) is 49.6. The molecule has 1 heterocycles. The minimum atomic E-state index is -0.965. The predicted octanol–water partition coefficient (Wildman–Crippen LogP) is 2.19. The number of ether oxygens (including phenoxy) is 2. The normalized spacial score (nSPS) is 18.6. The smallest absolute Gasteiger partial charge is 0.408 e. The first-order chi connectivity index (χ1) is 12.3. The van der Waals surface area contributed by atoms with Crippen molar-refractivity contribution in [1.82, 2.24) is 10.2 Å². The average Bonchev–Trinajstić information content (AvgIpc) is 2.95. The molecule has 0 aliphatic carbocycles. The Morgan fingerprint density at radius 2 is 1.70 bits per heavy atom. The lowest BCUT2D eigenvalue weighted by atomic mass is 10.1. The summed E-state index contributed by atoms with van der Waals surface area (Å²) in [5.41, 5.74) is -1.35. The van der Waals surface area contributed by atoms with Crippen molar-refractivity contribution in [3.8, 4) is 0 Å². The number of hydrogen-bond donors (Lipinski definition) is 1. The zero-order chi connectivity index (χ0) is 20.8. The largest absolute Gasteiger partial charge is 0.460 e. The van der Waals surface area contributed by atoms with Crippen LogP contribution in [0.1, 0.15) is 67.2 Å². The number of amides is 2. The van der Waals surface area contributed by atoms with Crippen molar-refractivity contribution in [2.75, 3.05) is 6.54 Å². The molecule has 0 aromatic heterocycles. The third-order valence-corrected chi connectivity index (χ3v) is 3.79. The molecule has 1 aliphatic rings. The molecule has 0 bridgehead atoms. The van der Waals surface area contributed by atoms with Crippen LogP contribution in [0.4, 0.5) is 4.79 Å². The topological polar surface area (TPSA) is 102 Å². The van der Waals surface area contributed by atoms with E-state index in [4.69, 9.17) is 9.47 Å². The second-order valence-electron chi connectivity index (χ2n) is 8.70. The van der Waals surface area contributed by atoms with Gasteiger partial charge in [0.05, 0.1) is 6.04 Å². The zero-order valence-corrected chi connectivity index (χ0v) is 17.2. The SMILES string of the molecule is CC(C)(C)OC(=O)CC[C@H](NC(=O)OC(C)(C)C)C(=O)N1CCCC1C=O. The third kappa shape index (κ3) is 8.41. The minimum Gasteiger partial charge on any atom is -0.460 e. The molecule has 0 saturated carbocycles. The second-order valence-corrected chi connectivity index (χ2v) is 8.70. The van der Waals surface area contributed by atoms with Crippen molar-refractivity contribution in [2.24, 2.45) is 0 Å². The molecule has 2 amide bonds. The van der Waals surface area contributed by atoms with Crippen LogP contribution in [0.2, 0.25) is 0 Å². The summed E-state index contributed by atoms with van der Waals surface area (Å²) < 4.78 is 10.5. The molecule has 8 heteroatoms. The molecule has 0 aromatic carbocycles. The van der Waals surface area contributed by atoms with Gasteiger partial charge in [0.15, 0.2) is 0 Å². The van der Waals surface area contributed by atoms with E-state index in [9.17, 15) is 19.2 Å². The molecule has 1 saturated heterocycles. The Morgan fingerprint density at radius 1 is 1.11 bits per heavy atom. The van der Waals surface area contributed by atoms with E-state index in [1.165, 1.54) is 4.90 Å². The number of likely N-dealkylation sites (tertiary alicyclic amines) is 1. The van der Waals surface area contributed by atoms with E-state index in [2.05, 4.69) is 5.32 Å². The van der Waals surface area contributed by atoms with Gasteiger partial charge in [-0.1, -0.05) is 0 Å². The van der Waals surface area contributed by atoms with Crippen LogP contribution in [-0.4, -0.2) is 59.0 Å². The standard InChI is InChI=1S/C19H32N2O6/c1-18(2,3)26-15(23)10-9-14(20-17(25)27-19(4,5)6)16(24)21-11-7-8-13(21)12-22/h12-14H,7-11H2,1-6H3,(H,20,25)/t13?,14-/m0/s1. The highest BCUT2D eigenvalue weighted by molar-refractivity contribution is 5.88. The van der Waals surface area contributed by atoms with E-state index in [1.54, 1.807) is 41.5 Å². The molecule has 0 aromatic rings. The Bertz CT molecular complexity index is 562. The van der Waals surface area contributed by atoms with Gasteiger partial charge < -0.3 is 24.5 Å². The lowest BCUT2D eigenvalue weighted by Crippen LogP contribution is -2.51. The molecule has 1 aliphatic heterocycles. The van der Waals surface area contributed by atoms with Crippen LogP contribution in [0.5, 0.6) is 0 Å². The van der Waals surface area contributed by atoms with Crippen LogP contribution >= 0.6 is 0 Å². The molecule has 0 spiro atoms. The summed E-state index contributed by atoms with van der Waals surface area (Å²) in [6, 6.07) is -1.46. The van der Waals surface area contributed by atoms with E-state index in [1.807, 2.05) is 0 Å². The highest BCUT2D eigenvalue weighted by Gasteiger charge is 2.35. The van der Waals surface area contributed by atoms with E-state index in [0.29, 0.717) is 13.0 Å². The quantitative estimate of drug-likeness (QED) is 0.556. The molecule has 1 fully saturated rings. The maximum atomic E-state index is 12.9. The van der Waals surface area contributed by atoms with Crippen LogP contribution < -0.4 is 5.32 Å². The van der Waals surface area contributed by atoms with Crippen molar-refractivity contribution >= 4 is 24.3 Å². The van der Waals surface area contributed by atoms with E-state index in [0.717, 1.165) is 12.7 Å². The van der Waals surface area contributed by atoms with Crippen LogP contribution in [0, 0.1) is 0 Å². The zero-order valence-electron chi connectivity index (χ0n) is 17.2. The van der Waals surface area contributed by atoms with Crippen LogP contribution in [0.15, 0.2) is 0 Å². The Kier molecular flexibility index (Phi) is 7.80. The highest BCUT2D eigenvalue weighted by atomic mass is 16.6. The van der Waals surface area contributed by atoms with Crippen LogP contribution in [0.3, 0.4) is 0 Å². The number of rotatable bonds is 6.